The molecule has 2 atom stereocenters. The molecule has 0 saturated carbocycles. The van der Waals surface area contributed by atoms with E-state index >= 15 is 0 Å². The zero-order valence-electron chi connectivity index (χ0n) is 13.4. The molecule has 1 fully saturated rings. The number of fused-ring (bicyclic) bond motifs is 1. The van der Waals surface area contributed by atoms with Gasteiger partial charge in [0.05, 0.1) is 10.9 Å². The van der Waals surface area contributed by atoms with E-state index in [1.165, 1.54) is 24.6 Å². The zero-order valence-corrected chi connectivity index (χ0v) is 14.2. The molecule has 1 aromatic rings. The number of hydrogen-bond donors (Lipinski definition) is 3. The summed E-state index contributed by atoms with van der Waals surface area (Å²) < 4.78 is 0. The number of carbonyl (C=O) groups excluding carboxylic acids is 2. The molecule has 0 bridgehead atoms. The first-order valence-corrected chi connectivity index (χ1v) is 9.12. The first kappa shape index (κ1) is 16.3. The lowest BCUT2D eigenvalue weighted by Gasteiger charge is -2.23. The van der Waals surface area contributed by atoms with Crippen LogP contribution in [0, 0.1) is 5.92 Å². The van der Waals surface area contributed by atoms with Crippen LogP contribution in [0.3, 0.4) is 0 Å². The van der Waals surface area contributed by atoms with Gasteiger partial charge in [-0.15, -0.1) is 11.8 Å². The average molecular weight is 333 g/mol. The Balaban J connectivity index is 1.55. The molecule has 1 saturated heterocycles. The smallest absolute Gasteiger partial charge is 0.251 e. The molecule has 0 spiro atoms. The quantitative estimate of drug-likeness (QED) is 0.790. The fourth-order valence-corrected chi connectivity index (χ4v) is 3.94. The third-order valence-electron chi connectivity index (χ3n) is 4.41. The van der Waals surface area contributed by atoms with Crippen LogP contribution in [0.4, 0.5) is 5.69 Å². The lowest BCUT2D eigenvalue weighted by atomic mass is 9.96. The molecule has 0 aromatic heterocycles. The summed E-state index contributed by atoms with van der Waals surface area (Å²) in [5, 5.41) is 9.15. The highest BCUT2D eigenvalue weighted by molar-refractivity contribution is 8.00. The highest BCUT2D eigenvalue weighted by Gasteiger charge is 2.23. The number of benzene rings is 1. The van der Waals surface area contributed by atoms with E-state index in [0.29, 0.717) is 18.0 Å². The fraction of sp³-hybridized carbons (Fsp3) is 0.529. The molecule has 1 aromatic carbocycles. The number of carbonyl (C=O) groups is 2. The predicted octanol–water partition coefficient (Wildman–Crippen LogP) is 2.24. The second-order valence-electron chi connectivity index (χ2n) is 6.22. The van der Waals surface area contributed by atoms with Gasteiger partial charge in [0.2, 0.25) is 5.91 Å². The van der Waals surface area contributed by atoms with Crippen LogP contribution in [0.15, 0.2) is 23.1 Å². The average Bonchev–Trinajstić information content (AvgIpc) is 2.56. The maximum atomic E-state index is 12.3. The molecule has 124 valence electrons. The number of anilines is 1. The molecule has 23 heavy (non-hydrogen) atoms. The number of nitrogens with one attached hydrogen (secondary N) is 3. The standard InChI is InChI=1S/C17H23N3O2S/c1-11-16(21)20-14-9-13(4-5-15(14)23-11)17(22)19-8-6-12-3-2-7-18-10-12/h4-5,9,11-12,18H,2-3,6-8,10H2,1H3,(H,19,22)(H,20,21). The van der Waals surface area contributed by atoms with Crippen molar-refractivity contribution in [3.63, 3.8) is 0 Å². The predicted molar refractivity (Wildman–Crippen MR) is 92.9 cm³/mol. The summed E-state index contributed by atoms with van der Waals surface area (Å²) in [6.07, 6.45) is 3.47. The Morgan fingerprint density at radius 2 is 2.30 bits per heavy atom. The van der Waals surface area contributed by atoms with Gasteiger partial charge in [-0.2, -0.15) is 0 Å². The summed E-state index contributed by atoms with van der Waals surface area (Å²) in [6.45, 7) is 4.74. The molecule has 2 unspecified atom stereocenters. The molecule has 0 aliphatic carbocycles. The third kappa shape index (κ3) is 4.06. The Labute approximate surface area is 141 Å². The van der Waals surface area contributed by atoms with E-state index in [2.05, 4.69) is 16.0 Å². The molecular formula is C17H23N3O2S. The van der Waals surface area contributed by atoms with Gasteiger partial charge in [0, 0.05) is 17.0 Å². The SMILES string of the molecule is CC1Sc2ccc(C(=O)NCCC3CCCNC3)cc2NC1=O. The van der Waals surface area contributed by atoms with Crippen molar-refractivity contribution in [2.75, 3.05) is 25.0 Å². The van der Waals surface area contributed by atoms with Gasteiger partial charge in [0.25, 0.3) is 5.91 Å². The minimum absolute atomic E-state index is 0.00939. The molecule has 2 aliphatic heterocycles. The van der Waals surface area contributed by atoms with Gasteiger partial charge in [-0.25, -0.2) is 0 Å². The lowest BCUT2D eigenvalue weighted by Crippen LogP contribution is -2.33. The second kappa shape index (κ2) is 7.36. The molecule has 0 radical (unpaired) electrons. The van der Waals surface area contributed by atoms with E-state index < -0.39 is 0 Å². The van der Waals surface area contributed by atoms with Gasteiger partial charge >= 0.3 is 0 Å². The van der Waals surface area contributed by atoms with E-state index in [1.54, 1.807) is 6.07 Å². The van der Waals surface area contributed by atoms with Crippen molar-refractivity contribution >= 4 is 29.3 Å². The van der Waals surface area contributed by atoms with E-state index in [-0.39, 0.29) is 17.1 Å². The van der Waals surface area contributed by atoms with Crippen molar-refractivity contribution in [2.24, 2.45) is 5.92 Å². The molecule has 2 heterocycles. The number of piperidine rings is 1. The van der Waals surface area contributed by atoms with Gasteiger partial charge in [-0.05, 0) is 63.4 Å². The fourth-order valence-electron chi connectivity index (χ4n) is 3.01. The van der Waals surface area contributed by atoms with Gasteiger partial charge < -0.3 is 16.0 Å². The van der Waals surface area contributed by atoms with Crippen LogP contribution in [-0.2, 0) is 4.79 Å². The second-order valence-corrected chi connectivity index (χ2v) is 7.60. The first-order chi connectivity index (χ1) is 11.1. The summed E-state index contributed by atoms with van der Waals surface area (Å²) >= 11 is 1.53. The minimum Gasteiger partial charge on any atom is -0.352 e. The zero-order chi connectivity index (χ0) is 16.2. The van der Waals surface area contributed by atoms with Crippen LogP contribution >= 0.6 is 11.8 Å². The van der Waals surface area contributed by atoms with Crippen LogP contribution in [-0.4, -0.2) is 36.7 Å². The number of hydrogen-bond acceptors (Lipinski definition) is 4. The van der Waals surface area contributed by atoms with Gasteiger partial charge in [-0.3, -0.25) is 9.59 Å². The van der Waals surface area contributed by atoms with E-state index in [0.717, 1.165) is 30.1 Å². The van der Waals surface area contributed by atoms with Crippen molar-refractivity contribution < 1.29 is 9.59 Å². The van der Waals surface area contributed by atoms with E-state index in [4.69, 9.17) is 0 Å². The van der Waals surface area contributed by atoms with Crippen LogP contribution in [0.1, 0.15) is 36.5 Å². The Morgan fingerprint density at radius 1 is 1.43 bits per heavy atom. The van der Waals surface area contributed by atoms with Gasteiger partial charge in [-0.1, -0.05) is 0 Å². The Morgan fingerprint density at radius 3 is 3.09 bits per heavy atom. The van der Waals surface area contributed by atoms with Crippen LogP contribution in [0.2, 0.25) is 0 Å². The molecular weight excluding hydrogens is 310 g/mol. The molecule has 2 amide bonds. The molecule has 5 nitrogen and oxygen atoms in total. The minimum atomic E-state index is -0.0914. The van der Waals surface area contributed by atoms with Crippen molar-refractivity contribution in [3.05, 3.63) is 23.8 Å². The van der Waals surface area contributed by atoms with Crippen LogP contribution < -0.4 is 16.0 Å². The molecule has 6 heteroatoms. The monoisotopic (exact) mass is 333 g/mol. The largest absolute Gasteiger partial charge is 0.352 e. The van der Waals surface area contributed by atoms with Gasteiger partial charge in [0.15, 0.2) is 0 Å². The van der Waals surface area contributed by atoms with Crippen LogP contribution in [0.25, 0.3) is 0 Å². The van der Waals surface area contributed by atoms with Crippen molar-refractivity contribution in [3.8, 4) is 0 Å². The summed E-state index contributed by atoms with van der Waals surface area (Å²) in [5.41, 5.74) is 1.34. The summed E-state index contributed by atoms with van der Waals surface area (Å²) in [5.74, 6) is 0.573. The number of amides is 2. The third-order valence-corrected chi connectivity index (χ3v) is 5.59. The summed E-state index contributed by atoms with van der Waals surface area (Å²) in [6, 6.07) is 5.51. The Kier molecular flexibility index (Phi) is 5.23. The highest BCUT2D eigenvalue weighted by Crippen LogP contribution is 2.35. The van der Waals surface area contributed by atoms with Crippen molar-refractivity contribution in [1.29, 1.82) is 0 Å². The lowest BCUT2D eigenvalue weighted by molar-refractivity contribution is -0.115. The van der Waals surface area contributed by atoms with E-state index in [1.807, 2.05) is 19.1 Å². The maximum Gasteiger partial charge on any atom is 0.251 e. The van der Waals surface area contributed by atoms with Crippen LogP contribution in [0.5, 0.6) is 0 Å². The maximum absolute atomic E-state index is 12.3. The van der Waals surface area contributed by atoms with E-state index in [9.17, 15) is 9.59 Å². The number of rotatable bonds is 4. The molecule has 2 aliphatic rings. The topological polar surface area (TPSA) is 70.2 Å². The van der Waals surface area contributed by atoms with Gasteiger partial charge in [0.1, 0.15) is 0 Å². The van der Waals surface area contributed by atoms with Crippen molar-refractivity contribution in [1.82, 2.24) is 10.6 Å². The molecule has 3 rings (SSSR count). The Hall–Kier alpha value is -1.53. The highest BCUT2D eigenvalue weighted by atomic mass is 32.2. The summed E-state index contributed by atoms with van der Waals surface area (Å²) in [7, 11) is 0. The molecule has 3 N–H and O–H groups in total. The number of thioether (sulfide) groups is 1. The summed E-state index contributed by atoms with van der Waals surface area (Å²) in [4.78, 5) is 25.0. The Bertz CT molecular complexity index is 600. The van der Waals surface area contributed by atoms with Crippen molar-refractivity contribution in [2.45, 2.75) is 36.3 Å². The normalized spacial score (nSPS) is 23.8. The first-order valence-electron chi connectivity index (χ1n) is 8.24.